The largest absolute Gasteiger partial charge is 0.387 e. The van der Waals surface area contributed by atoms with Crippen molar-refractivity contribution in [2.75, 3.05) is 18.4 Å². The van der Waals surface area contributed by atoms with Gasteiger partial charge in [-0.1, -0.05) is 48.5 Å². The summed E-state index contributed by atoms with van der Waals surface area (Å²) in [7, 11) is 0. The molecule has 0 aliphatic carbocycles. The molecule has 0 radical (unpaired) electrons. The number of aliphatic hydroxyl groups excluding tert-OH is 1. The molecule has 1 amide bonds. The first-order valence-corrected chi connectivity index (χ1v) is 10.7. The van der Waals surface area contributed by atoms with Crippen LogP contribution in [0.3, 0.4) is 0 Å². The zero-order valence-electron chi connectivity index (χ0n) is 17.3. The first-order valence-electron chi connectivity index (χ1n) is 10.7. The molecule has 0 saturated heterocycles. The number of hydrogen-bond acceptors (Lipinski definition) is 4. The summed E-state index contributed by atoms with van der Waals surface area (Å²) in [5, 5.41) is 16.4. The SMILES string of the molecule is O=C(Nc1ccc(CCNC[C@H](O)c2ccccc2)cc1)[C@@H]1CCc2cccc(=O)n21. The third kappa shape index (κ3) is 5.10. The summed E-state index contributed by atoms with van der Waals surface area (Å²) >= 11 is 0. The van der Waals surface area contributed by atoms with Crippen molar-refractivity contribution >= 4 is 11.6 Å². The molecule has 0 bridgehead atoms. The number of benzene rings is 2. The van der Waals surface area contributed by atoms with E-state index in [1.54, 1.807) is 10.6 Å². The van der Waals surface area contributed by atoms with Crippen molar-refractivity contribution in [2.24, 2.45) is 0 Å². The van der Waals surface area contributed by atoms with E-state index in [1.807, 2.05) is 60.7 Å². The van der Waals surface area contributed by atoms with E-state index >= 15 is 0 Å². The number of fused-ring (bicyclic) bond motifs is 1. The third-order valence-corrected chi connectivity index (χ3v) is 5.70. The monoisotopic (exact) mass is 417 g/mol. The Morgan fingerprint density at radius 2 is 1.81 bits per heavy atom. The van der Waals surface area contributed by atoms with Crippen molar-refractivity contribution in [2.45, 2.75) is 31.4 Å². The molecule has 6 heteroatoms. The molecular formula is C25H27N3O3. The van der Waals surface area contributed by atoms with Crippen LogP contribution in [0.2, 0.25) is 0 Å². The van der Waals surface area contributed by atoms with Crippen molar-refractivity contribution in [1.82, 2.24) is 9.88 Å². The third-order valence-electron chi connectivity index (χ3n) is 5.70. The lowest BCUT2D eigenvalue weighted by Gasteiger charge is -2.15. The number of aromatic nitrogens is 1. The van der Waals surface area contributed by atoms with Crippen LogP contribution in [-0.2, 0) is 17.6 Å². The Kier molecular flexibility index (Phi) is 6.60. The molecule has 3 N–H and O–H groups in total. The van der Waals surface area contributed by atoms with Gasteiger partial charge >= 0.3 is 0 Å². The molecule has 0 spiro atoms. The van der Waals surface area contributed by atoms with E-state index < -0.39 is 12.1 Å². The van der Waals surface area contributed by atoms with Gasteiger partial charge in [-0.05, 0) is 55.1 Å². The smallest absolute Gasteiger partial charge is 0.251 e. The van der Waals surface area contributed by atoms with E-state index in [1.165, 1.54) is 6.07 Å². The van der Waals surface area contributed by atoms with E-state index in [0.29, 0.717) is 13.0 Å². The summed E-state index contributed by atoms with van der Waals surface area (Å²) in [5.41, 5.74) is 3.55. The highest BCUT2D eigenvalue weighted by Gasteiger charge is 2.28. The summed E-state index contributed by atoms with van der Waals surface area (Å²) in [6.07, 6.45) is 1.68. The van der Waals surface area contributed by atoms with Gasteiger partial charge in [-0.25, -0.2) is 0 Å². The summed E-state index contributed by atoms with van der Waals surface area (Å²) in [4.78, 5) is 24.8. The molecule has 160 valence electrons. The number of carbonyl (C=O) groups excluding carboxylic acids is 1. The Bertz CT molecular complexity index is 1080. The second-order valence-corrected chi connectivity index (χ2v) is 7.85. The maximum Gasteiger partial charge on any atom is 0.251 e. The number of amides is 1. The van der Waals surface area contributed by atoms with Crippen molar-refractivity contribution in [1.29, 1.82) is 0 Å². The average Bonchev–Trinajstić information content (AvgIpc) is 3.24. The van der Waals surface area contributed by atoms with Crippen LogP contribution in [0.15, 0.2) is 77.6 Å². The van der Waals surface area contributed by atoms with Crippen molar-refractivity contribution in [3.63, 3.8) is 0 Å². The lowest BCUT2D eigenvalue weighted by Crippen LogP contribution is -2.30. The maximum absolute atomic E-state index is 12.7. The molecule has 2 heterocycles. The molecule has 31 heavy (non-hydrogen) atoms. The average molecular weight is 418 g/mol. The summed E-state index contributed by atoms with van der Waals surface area (Å²) < 4.78 is 1.60. The Morgan fingerprint density at radius 3 is 2.58 bits per heavy atom. The van der Waals surface area contributed by atoms with E-state index in [9.17, 15) is 14.7 Å². The molecule has 0 saturated carbocycles. The fourth-order valence-electron chi connectivity index (χ4n) is 4.01. The molecule has 0 unspecified atom stereocenters. The minimum Gasteiger partial charge on any atom is -0.387 e. The molecule has 1 aromatic heterocycles. The lowest BCUT2D eigenvalue weighted by molar-refractivity contribution is -0.119. The Labute approximate surface area is 181 Å². The predicted octanol–water partition coefficient (Wildman–Crippen LogP) is 2.84. The van der Waals surface area contributed by atoms with Crippen LogP contribution in [0, 0.1) is 0 Å². The Balaban J connectivity index is 1.25. The fourth-order valence-corrected chi connectivity index (χ4v) is 4.01. The molecule has 6 nitrogen and oxygen atoms in total. The highest BCUT2D eigenvalue weighted by molar-refractivity contribution is 5.94. The van der Waals surface area contributed by atoms with E-state index in [2.05, 4.69) is 10.6 Å². The van der Waals surface area contributed by atoms with E-state index in [4.69, 9.17) is 0 Å². The highest BCUT2D eigenvalue weighted by Crippen LogP contribution is 2.24. The number of nitrogens with zero attached hydrogens (tertiary/aromatic N) is 1. The molecule has 3 aromatic rings. The lowest BCUT2D eigenvalue weighted by atomic mass is 10.1. The number of carbonyl (C=O) groups is 1. The first kappa shape index (κ1) is 21.0. The summed E-state index contributed by atoms with van der Waals surface area (Å²) in [6, 6.07) is 22.0. The molecule has 2 aromatic carbocycles. The van der Waals surface area contributed by atoms with Crippen LogP contribution in [0.5, 0.6) is 0 Å². The maximum atomic E-state index is 12.7. The molecule has 1 aliphatic heterocycles. The minimum absolute atomic E-state index is 0.129. The zero-order valence-corrected chi connectivity index (χ0v) is 17.3. The Hall–Kier alpha value is -3.22. The number of aryl methyl sites for hydroxylation is 1. The second-order valence-electron chi connectivity index (χ2n) is 7.85. The van der Waals surface area contributed by atoms with Gasteiger partial charge in [0.2, 0.25) is 5.91 Å². The number of anilines is 1. The van der Waals surface area contributed by atoms with Crippen LogP contribution in [-0.4, -0.2) is 28.7 Å². The van der Waals surface area contributed by atoms with Crippen LogP contribution in [0.25, 0.3) is 0 Å². The van der Waals surface area contributed by atoms with Gasteiger partial charge in [-0.15, -0.1) is 0 Å². The number of hydrogen-bond donors (Lipinski definition) is 3. The Morgan fingerprint density at radius 1 is 1.03 bits per heavy atom. The standard InChI is InChI=1S/C25H27N3O3/c29-23(19-5-2-1-3-6-19)17-26-16-15-18-9-11-20(12-10-18)27-25(31)22-14-13-21-7-4-8-24(30)28(21)22/h1-12,22-23,26,29H,13-17H2,(H,27,31)/t22-,23-/m0/s1. The second kappa shape index (κ2) is 9.73. The minimum atomic E-state index is -0.521. The molecule has 2 atom stereocenters. The van der Waals surface area contributed by atoms with Crippen LogP contribution in [0.1, 0.15) is 35.4 Å². The van der Waals surface area contributed by atoms with Gasteiger partial charge in [0.25, 0.3) is 5.56 Å². The van der Waals surface area contributed by atoms with Gasteiger partial charge in [0.05, 0.1) is 6.10 Å². The van der Waals surface area contributed by atoms with Crippen molar-refractivity contribution in [3.05, 3.63) is 100.0 Å². The van der Waals surface area contributed by atoms with Gasteiger partial charge < -0.3 is 20.3 Å². The van der Waals surface area contributed by atoms with Crippen molar-refractivity contribution in [3.8, 4) is 0 Å². The van der Waals surface area contributed by atoms with Gasteiger partial charge in [0.1, 0.15) is 6.04 Å². The van der Waals surface area contributed by atoms with Gasteiger partial charge in [-0.3, -0.25) is 9.59 Å². The normalized spacial score (nSPS) is 16.0. The number of pyridine rings is 1. The molecule has 4 rings (SSSR count). The fraction of sp³-hybridized carbons (Fsp3) is 0.280. The van der Waals surface area contributed by atoms with Crippen LogP contribution < -0.4 is 16.2 Å². The van der Waals surface area contributed by atoms with Crippen LogP contribution >= 0.6 is 0 Å². The van der Waals surface area contributed by atoms with E-state index in [0.717, 1.165) is 41.9 Å². The van der Waals surface area contributed by atoms with Gasteiger partial charge in [0, 0.05) is 24.0 Å². The molecule has 0 fully saturated rings. The quantitative estimate of drug-likeness (QED) is 0.492. The van der Waals surface area contributed by atoms with Gasteiger partial charge in [0.15, 0.2) is 0 Å². The molecule has 1 aliphatic rings. The topological polar surface area (TPSA) is 83.4 Å². The van der Waals surface area contributed by atoms with E-state index in [-0.39, 0.29) is 11.5 Å². The van der Waals surface area contributed by atoms with Gasteiger partial charge in [-0.2, -0.15) is 0 Å². The summed E-state index contributed by atoms with van der Waals surface area (Å²) in [5.74, 6) is -0.156. The van der Waals surface area contributed by atoms with Crippen molar-refractivity contribution < 1.29 is 9.90 Å². The van der Waals surface area contributed by atoms with Crippen LogP contribution in [0.4, 0.5) is 5.69 Å². The molecular weight excluding hydrogens is 390 g/mol. The number of nitrogens with one attached hydrogen (secondary N) is 2. The number of aliphatic hydroxyl groups is 1. The highest BCUT2D eigenvalue weighted by atomic mass is 16.3. The summed E-state index contributed by atoms with van der Waals surface area (Å²) in [6.45, 7) is 1.25. The number of rotatable bonds is 8. The zero-order chi connectivity index (χ0) is 21.6. The predicted molar refractivity (Wildman–Crippen MR) is 121 cm³/mol. The first-order chi connectivity index (χ1) is 15.1.